The lowest BCUT2D eigenvalue weighted by atomic mass is 9.89. The smallest absolute Gasteiger partial charge is 0.417 e. The number of hydrogen-bond acceptors (Lipinski definition) is 3. The third-order valence-corrected chi connectivity index (χ3v) is 5.77. The van der Waals surface area contributed by atoms with Gasteiger partial charge >= 0.3 is 12.1 Å². The van der Waals surface area contributed by atoms with Crippen molar-refractivity contribution >= 4 is 29.4 Å². The second-order valence-electron chi connectivity index (χ2n) is 7.63. The molecule has 0 spiro atoms. The number of hydrogen-bond donors (Lipinski definition) is 0. The number of allylic oxidation sites excluding steroid dienone is 1. The average Bonchev–Trinajstić information content (AvgIpc) is 3.03. The van der Waals surface area contributed by atoms with Crippen LogP contribution < -0.4 is 0 Å². The lowest BCUT2D eigenvalue weighted by molar-refractivity contribution is -0.143. The van der Waals surface area contributed by atoms with E-state index in [9.17, 15) is 22.8 Å². The lowest BCUT2D eigenvalue weighted by Gasteiger charge is -2.15. The van der Waals surface area contributed by atoms with Gasteiger partial charge in [0, 0.05) is 18.8 Å². The van der Waals surface area contributed by atoms with E-state index in [0.29, 0.717) is 25.0 Å². The molecule has 2 unspecified atom stereocenters. The Labute approximate surface area is 180 Å². The van der Waals surface area contributed by atoms with Gasteiger partial charge in [-0.3, -0.25) is 9.59 Å². The Balaban J connectivity index is 1.86. The molecule has 7 heteroatoms. The van der Waals surface area contributed by atoms with Crippen molar-refractivity contribution in [2.24, 2.45) is 11.8 Å². The van der Waals surface area contributed by atoms with E-state index >= 15 is 0 Å². The molecule has 1 aromatic carbocycles. The summed E-state index contributed by atoms with van der Waals surface area (Å²) >= 11 is 5.66. The fraction of sp³-hybridized carbons (Fsp3) is 0.565. The minimum atomic E-state index is -4.50. The molecule has 1 aliphatic rings. The first-order valence-electron chi connectivity index (χ1n) is 10.5. The van der Waals surface area contributed by atoms with Gasteiger partial charge in [-0.05, 0) is 49.8 Å². The van der Waals surface area contributed by atoms with Crippen molar-refractivity contribution in [3.63, 3.8) is 0 Å². The number of rotatable bonds is 10. The van der Waals surface area contributed by atoms with Crippen LogP contribution in [0.3, 0.4) is 0 Å². The number of ether oxygens (including phenoxy) is 1. The molecule has 1 saturated carbocycles. The average molecular weight is 445 g/mol. The van der Waals surface area contributed by atoms with Crippen molar-refractivity contribution < 1.29 is 27.5 Å². The van der Waals surface area contributed by atoms with Crippen LogP contribution in [-0.2, 0) is 20.5 Å². The van der Waals surface area contributed by atoms with E-state index in [1.165, 1.54) is 6.07 Å². The van der Waals surface area contributed by atoms with Crippen LogP contribution in [0.4, 0.5) is 13.2 Å². The molecule has 0 heterocycles. The zero-order chi connectivity index (χ0) is 22.1. The number of carbonyl (C=O) groups is 2. The predicted octanol–water partition coefficient (Wildman–Crippen LogP) is 6.87. The Morgan fingerprint density at radius 1 is 1.23 bits per heavy atom. The largest absolute Gasteiger partial charge is 0.466 e. The summed E-state index contributed by atoms with van der Waals surface area (Å²) < 4.78 is 43.9. The first-order valence-corrected chi connectivity index (χ1v) is 10.8. The lowest BCUT2D eigenvalue weighted by Crippen LogP contribution is -2.13. The van der Waals surface area contributed by atoms with Gasteiger partial charge in [0.05, 0.1) is 17.2 Å². The summed E-state index contributed by atoms with van der Waals surface area (Å²) in [5.74, 6) is 0.00977. The van der Waals surface area contributed by atoms with Crippen LogP contribution in [0.1, 0.15) is 69.4 Å². The van der Waals surface area contributed by atoms with Crippen molar-refractivity contribution in [2.75, 3.05) is 6.61 Å². The van der Waals surface area contributed by atoms with Gasteiger partial charge in [-0.15, -0.1) is 0 Å². The van der Waals surface area contributed by atoms with Crippen molar-refractivity contribution in [1.82, 2.24) is 0 Å². The predicted molar refractivity (Wildman–Crippen MR) is 111 cm³/mol. The Morgan fingerprint density at radius 2 is 1.97 bits per heavy atom. The number of unbranched alkanes of at least 4 members (excludes halogenated alkanes) is 3. The molecule has 0 radical (unpaired) electrons. The quantitative estimate of drug-likeness (QED) is 0.292. The molecule has 1 aliphatic carbocycles. The zero-order valence-corrected chi connectivity index (χ0v) is 17.9. The van der Waals surface area contributed by atoms with E-state index in [1.54, 1.807) is 19.1 Å². The molecule has 2 rings (SSSR count). The normalized spacial score (nSPS) is 19.6. The van der Waals surface area contributed by atoms with Gasteiger partial charge in [-0.2, -0.15) is 13.2 Å². The molecular formula is C23H28ClF3O3. The van der Waals surface area contributed by atoms with E-state index in [2.05, 4.69) is 0 Å². The standard InChI is InChI=1S/C23H28ClF3O3/c1-2-30-22(29)8-6-4-3-5-7-18-17(12-14-21(18)28)11-9-16-10-13-20(24)19(15-16)23(25,26)27/h9-11,13,15,17-18H,2-8,12,14H2,1H3. The highest BCUT2D eigenvalue weighted by Crippen LogP contribution is 2.37. The zero-order valence-electron chi connectivity index (χ0n) is 17.1. The summed E-state index contributed by atoms with van der Waals surface area (Å²) in [6.45, 7) is 2.18. The third kappa shape index (κ3) is 7.46. The van der Waals surface area contributed by atoms with Crippen LogP contribution in [0.15, 0.2) is 24.3 Å². The maximum atomic E-state index is 13.0. The van der Waals surface area contributed by atoms with Crippen LogP contribution in [0.5, 0.6) is 0 Å². The Morgan fingerprint density at radius 3 is 2.67 bits per heavy atom. The summed E-state index contributed by atoms with van der Waals surface area (Å²) in [6, 6.07) is 3.83. The highest BCUT2D eigenvalue weighted by molar-refractivity contribution is 6.31. The number of halogens is 4. The third-order valence-electron chi connectivity index (χ3n) is 5.44. The molecule has 1 fully saturated rings. The molecule has 0 N–H and O–H groups in total. The van der Waals surface area contributed by atoms with Crippen molar-refractivity contribution in [3.8, 4) is 0 Å². The number of Topliss-reactive ketones (excluding diaryl/α,β-unsaturated/α-hetero) is 1. The van der Waals surface area contributed by atoms with Gasteiger partial charge in [-0.1, -0.05) is 49.1 Å². The molecule has 1 aromatic rings. The van der Waals surface area contributed by atoms with Gasteiger partial charge in [0.15, 0.2) is 0 Å². The topological polar surface area (TPSA) is 43.4 Å². The highest BCUT2D eigenvalue weighted by atomic mass is 35.5. The molecule has 3 nitrogen and oxygen atoms in total. The fourth-order valence-corrected chi connectivity index (χ4v) is 4.08. The number of ketones is 1. The van der Waals surface area contributed by atoms with Crippen LogP contribution in [0, 0.1) is 11.8 Å². The van der Waals surface area contributed by atoms with Crippen LogP contribution >= 0.6 is 11.6 Å². The second-order valence-corrected chi connectivity index (χ2v) is 8.04. The molecule has 30 heavy (non-hydrogen) atoms. The Hall–Kier alpha value is -1.82. The van der Waals surface area contributed by atoms with Gasteiger partial charge in [0.2, 0.25) is 0 Å². The van der Waals surface area contributed by atoms with Gasteiger partial charge in [-0.25, -0.2) is 0 Å². The van der Waals surface area contributed by atoms with Crippen molar-refractivity contribution in [2.45, 2.75) is 64.5 Å². The molecular weight excluding hydrogens is 417 g/mol. The fourth-order valence-electron chi connectivity index (χ4n) is 3.86. The molecule has 2 atom stereocenters. The van der Waals surface area contributed by atoms with Gasteiger partial charge in [0.25, 0.3) is 0 Å². The van der Waals surface area contributed by atoms with E-state index in [0.717, 1.165) is 44.6 Å². The van der Waals surface area contributed by atoms with Crippen LogP contribution in [0.25, 0.3) is 6.08 Å². The van der Waals surface area contributed by atoms with Crippen LogP contribution in [0.2, 0.25) is 5.02 Å². The highest BCUT2D eigenvalue weighted by Gasteiger charge is 2.34. The first-order chi connectivity index (χ1) is 14.2. The van der Waals surface area contributed by atoms with Gasteiger partial charge < -0.3 is 4.74 Å². The molecule has 166 valence electrons. The maximum Gasteiger partial charge on any atom is 0.417 e. The molecule has 0 aromatic heterocycles. The number of esters is 1. The van der Waals surface area contributed by atoms with Crippen LogP contribution in [-0.4, -0.2) is 18.4 Å². The monoisotopic (exact) mass is 444 g/mol. The molecule has 0 saturated heterocycles. The number of benzene rings is 1. The summed E-state index contributed by atoms with van der Waals surface area (Å²) in [4.78, 5) is 23.6. The second kappa shape index (κ2) is 11.5. The van der Waals surface area contributed by atoms with Gasteiger partial charge in [0.1, 0.15) is 5.78 Å². The van der Waals surface area contributed by atoms with Crippen molar-refractivity contribution in [1.29, 1.82) is 0 Å². The minimum Gasteiger partial charge on any atom is -0.466 e. The summed E-state index contributed by atoms with van der Waals surface area (Å²) in [6.07, 6.45) is 4.95. The SMILES string of the molecule is CCOC(=O)CCCCCCC1C(=O)CCC1C=Cc1ccc(Cl)c(C(F)(F)F)c1. The maximum absolute atomic E-state index is 13.0. The summed E-state index contributed by atoms with van der Waals surface area (Å²) in [7, 11) is 0. The van der Waals surface area contributed by atoms with E-state index < -0.39 is 11.7 Å². The number of alkyl halides is 3. The first kappa shape index (κ1) is 24.4. The molecule has 0 aliphatic heterocycles. The number of carbonyl (C=O) groups excluding carboxylic acids is 2. The summed E-state index contributed by atoms with van der Waals surface area (Å²) in [5, 5.41) is -0.323. The Kier molecular flexibility index (Phi) is 9.40. The van der Waals surface area contributed by atoms with Crippen molar-refractivity contribution in [3.05, 3.63) is 40.4 Å². The Bertz CT molecular complexity index is 759. The minimum absolute atomic E-state index is 0.0436. The van der Waals surface area contributed by atoms with E-state index in [4.69, 9.17) is 16.3 Å². The molecule has 0 amide bonds. The summed E-state index contributed by atoms with van der Waals surface area (Å²) in [5.41, 5.74) is -0.433. The van der Waals surface area contributed by atoms with E-state index in [-0.39, 0.29) is 28.6 Å². The van der Waals surface area contributed by atoms with E-state index in [1.807, 2.05) is 6.08 Å². The molecule has 0 bridgehead atoms.